The van der Waals surface area contributed by atoms with Crippen LogP contribution in [0, 0.1) is 29.6 Å². The molecule has 0 radical (unpaired) electrons. The second kappa shape index (κ2) is 5.71. The molecule has 6 nitrogen and oxygen atoms in total. The lowest BCUT2D eigenvalue weighted by molar-refractivity contribution is 0.230. The summed E-state index contributed by atoms with van der Waals surface area (Å²) < 4.78 is 10.8. The van der Waals surface area contributed by atoms with Gasteiger partial charge in [0, 0.05) is 6.07 Å². The van der Waals surface area contributed by atoms with Crippen molar-refractivity contribution in [3.63, 3.8) is 0 Å². The number of benzene rings is 1. The molecule has 1 aromatic heterocycles. The first-order chi connectivity index (χ1) is 11.0. The van der Waals surface area contributed by atoms with E-state index in [-0.39, 0.29) is 23.2 Å². The highest BCUT2D eigenvalue weighted by Gasteiger charge is 2.40. The molecular weight excluding hydrogens is 296 g/mol. The molecule has 0 spiro atoms. The maximum atomic E-state index is 12.2. The number of aryl methyl sites for hydroxylation is 1. The fraction of sp³-hybridized carbons (Fsp3) is 0.235. The number of nitriles is 1. The van der Waals surface area contributed by atoms with Gasteiger partial charge in [0.25, 0.3) is 0 Å². The molecule has 1 aromatic carbocycles. The van der Waals surface area contributed by atoms with Crippen LogP contribution >= 0.6 is 0 Å². The Morgan fingerprint density at radius 1 is 1.39 bits per heavy atom. The minimum absolute atomic E-state index is 0.0924. The van der Waals surface area contributed by atoms with Crippen molar-refractivity contribution in [3.05, 3.63) is 63.2 Å². The van der Waals surface area contributed by atoms with E-state index in [4.69, 9.17) is 14.6 Å². The van der Waals surface area contributed by atoms with E-state index in [1.54, 1.807) is 0 Å². The summed E-state index contributed by atoms with van der Waals surface area (Å²) in [6.45, 7) is 1.48. The summed E-state index contributed by atoms with van der Waals surface area (Å²) >= 11 is 0. The van der Waals surface area contributed by atoms with Gasteiger partial charge in [0.1, 0.15) is 18.3 Å². The van der Waals surface area contributed by atoms with Gasteiger partial charge in [0.05, 0.1) is 12.0 Å². The first-order valence-corrected chi connectivity index (χ1v) is 7.05. The Labute approximate surface area is 132 Å². The highest BCUT2D eigenvalue weighted by molar-refractivity contribution is 5.84. The number of ether oxygens (including phenoxy) is 1. The number of hydrogen-bond acceptors (Lipinski definition) is 6. The molecule has 3 rings (SSSR count). The van der Waals surface area contributed by atoms with E-state index in [0.29, 0.717) is 0 Å². The van der Waals surface area contributed by atoms with Gasteiger partial charge in [-0.25, -0.2) is 0 Å². The number of nitrogens with one attached hydrogen (secondary N) is 1. The van der Waals surface area contributed by atoms with Gasteiger partial charge in [-0.15, -0.1) is 0 Å². The first kappa shape index (κ1) is 15.0. The smallest absolute Gasteiger partial charge is 0.228 e. The van der Waals surface area contributed by atoms with E-state index in [0.717, 1.165) is 17.2 Å². The zero-order valence-electron chi connectivity index (χ0n) is 12.4. The van der Waals surface area contributed by atoms with E-state index in [2.05, 4.69) is 0 Å². The van der Waals surface area contributed by atoms with E-state index in [9.17, 15) is 15.2 Å². The van der Waals surface area contributed by atoms with Crippen LogP contribution in [0.1, 0.15) is 28.6 Å². The highest BCUT2D eigenvalue weighted by atomic mass is 16.5. The predicted molar refractivity (Wildman–Crippen MR) is 81.4 cm³/mol. The third-order valence-electron chi connectivity index (χ3n) is 3.79. The van der Waals surface area contributed by atoms with Crippen LogP contribution in [0.3, 0.4) is 0 Å². The summed E-state index contributed by atoms with van der Waals surface area (Å²) in [5.41, 5.74) is 1.26. The van der Waals surface area contributed by atoms with E-state index in [1.807, 2.05) is 37.3 Å². The van der Waals surface area contributed by atoms with Crippen LogP contribution in [-0.2, 0) is 6.61 Å². The van der Waals surface area contributed by atoms with Crippen LogP contribution in [0.5, 0.6) is 5.75 Å². The number of hydrogen-bond donors (Lipinski definition) is 2. The average Bonchev–Trinajstić information content (AvgIpc) is 2.54. The lowest BCUT2D eigenvalue weighted by Gasteiger charge is -2.28. The van der Waals surface area contributed by atoms with Gasteiger partial charge < -0.3 is 14.3 Å². The first-order valence-electron chi connectivity index (χ1n) is 7.05. The minimum atomic E-state index is -0.901. The highest BCUT2D eigenvalue weighted by Crippen LogP contribution is 2.41. The Morgan fingerprint density at radius 2 is 2.17 bits per heavy atom. The van der Waals surface area contributed by atoms with Gasteiger partial charge in [-0.2, -0.15) is 5.26 Å². The molecule has 0 amide bonds. The van der Waals surface area contributed by atoms with E-state index < -0.39 is 23.9 Å². The molecule has 0 fully saturated rings. The molecule has 0 saturated carbocycles. The zero-order chi connectivity index (χ0) is 16.6. The van der Waals surface area contributed by atoms with Gasteiger partial charge in [-0.05, 0) is 12.5 Å². The van der Waals surface area contributed by atoms with Crippen molar-refractivity contribution in [2.75, 3.05) is 0 Å². The molecule has 0 bridgehead atoms. The quantitative estimate of drug-likeness (QED) is 0.883. The van der Waals surface area contributed by atoms with Crippen molar-refractivity contribution in [2.24, 2.45) is 5.92 Å². The van der Waals surface area contributed by atoms with Crippen LogP contribution in [-0.4, -0.2) is 11.0 Å². The zero-order valence-corrected chi connectivity index (χ0v) is 12.4. The predicted octanol–water partition coefficient (Wildman–Crippen LogP) is 2.08. The molecule has 6 heteroatoms. The molecule has 2 N–H and O–H groups in total. The molecule has 23 heavy (non-hydrogen) atoms. The van der Waals surface area contributed by atoms with Crippen LogP contribution in [0.2, 0.25) is 0 Å². The van der Waals surface area contributed by atoms with E-state index in [1.165, 1.54) is 0 Å². The summed E-state index contributed by atoms with van der Waals surface area (Å²) in [6, 6.07) is 10.6. The third-order valence-corrected chi connectivity index (χ3v) is 3.79. The monoisotopic (exact) mass is 310 g/mol. The van der Waals surface area contributed by atoms with Crippen molar-refractivity contribution in [2.45, 2.75) is 19.4 Å². The van der Waals surface area contributed by atoms with Crippen molar-refractivity contribution in [1.29, 1.82) is 10.7 Å². The number of rotatable bonds is 2. The van der Waals surface area contributed by atoms with Crippen LogP contribution in [0.15, 0.2) is 39.5 Å². The van der Waals surface area contributed by atoms with Crippen molar-refractivity contribution in [3.8, 4) is 11.8 Å². The number of aliphatic hydroxyl groups is 1. The van der Waals surface area contributed by atoms with Crippen LogP contribution in [0.25, 0.3) is 0 Å². The van der Waals surface area contributed by atoms with Crippen LogP contribution in [0.4, 0.5) is 0 Å². The van der Waals surface area contributed by atoms with Crippen LogP contribution < -0.4 is 10.2 Å². The summed E-state index contributed by atoms with van der Waals surface area (Å²) in [4.78, 5) is 12.2. The minimum Gasteiger partial charge on any atom is -0.459 e. The summed E-state index contributed by atoms with van der Waals surface area (Å²) in [5.74, 6) is -1.63. The molecule has 0 aliphatic carbocycles. The van der Waals surface area contributed by atoms with E-state index >= 15 is 0 Å². The second-order valence-corrected chi connectivity index (χ2v) is 5.39. The summed E-state index contributed by atoms with van der Waals surface area (Å²) in [5, 5.41) is 26.6. The number of aliphatic hydroxyl groups excluding tert-OH is 1. The lowest BCUT2D eigenvalue weighted by Crippen LogP contribution is -2.33. The Bertz CT molecular complexity index is 879. The number of nitrogens with zero attached hydrogens (tertiary/aromatic N) is 1. The molecule has 1 aliphatic heterocycles. The van der Waals surface area contributed by atoms with Gasteiger partial charge in [-0.1, -0.05) is 29.8 Å². The van der Waals surface area contributed by atoms with Gasteiger partial charge in [0.15, 0.2) is 5.76 Å². The molecule has 2 heterocycles. The molecular formula is C17H14N2O4. The third kappa shape index (κ3) is 2.51. The Balaban J connectivity index is 2.28. The molecule has 1 aliphatic rings. The molecule has 0 saturated heterocycles. The lowest BCUT2D eigenvalue weighted by atomic mass is 9.82. The molecule has 2 unspecified atom stereocenters. The second-order valence-electron chi connectivity index (χ2n) is 5.39. The topological polar surface area (TPSA) is 107 Å². The largest absolute Gasteiger partial charge is 0.459 e. The fourth-order valence-electron chi connectivity index (χ4n) is 2.75. The number of fused-ring (bicyclic) bond motifs is 1. The normalized spacial score (nSPS) is 19.6. The average molecular weight is 310 g/mol. The summed E-state index contributed by atoms with van der Waals surface area (Å²) in [7, 11) is 0. The fourth-order valence-corrected chi connectivity index (χ4v) is 2.75. The Morgan fingerprint density at radius 3 is 2.83 bits per heavy atom. The molecule has 2 atom stereocenters. The standard InChI is InChI=1S/C17H14N2O4/c1-9-3-2-4-10(5-9)14-12(7-18)17(19)23-15-13(21)6-11(8-20)22-16(14)15/h2-6,12,14,19-20H,8H2,1H3. The Hall–Kier alpha value is -2.91. The van der Waals surface area contributed by atoms with Crippen molar-refractivity contribution >= 4 is 5.90 Å². The van der Waals surface area contributed by atoms with Gasteiger partial charge >= 0.3 is 0 Å². The van der Waals surface area contributed by atoms with Crippen molar-refractivity contribution in [1.82, 2.24) is 0 Å². The molecule has 116 valence electrons. The summed E-state index contributed by atoms with van der Waals surface area (Å²) in [6.07, 6.45) is 0. The van der Waals surface area contributed by atoms with Crippen molar-refractivity contribution < 1.29 is 14.3 Å². The Kier molecular flexibility index (Phi) is 3.72. The molecule has 2 aromatic rings. The SMILES string of the molecule is Cc1cccc(C2c3oc(CO)cc(=O)c3OC(=N)C2C#N)c1. The van der Waals surface area contributed by atoms with Gasteiger partial charge in [0.2, 0.25) is 17.1 Å². The maximum absolute atomic E-state index is 12.2. The maximum Gasteiger partial charge on any atom is 0.228 e. The van der Waals surface area contributed by atoms with Gasteiger partial charge in [-0.3, -0.25) is 10.2 Å².